The second kappa shape index (κ2) is 5.02. The van der Waals surface area contributed by atoms with E-state index in [0.717, 1.165) is 29.9 Å². The van der Waals surface area contributed by atoms with Gasteiger partial charge in [0.25, 0.3) is 0 Å². The summed E-state index contributed by atoms with van der Waals surface area (Å²) in [5.74, 6) is 1.19. The number of rotatable bonds is 4. The lowest BCUT2D eigenvalue weighted by Crippen LogP contribution is -1.99. The highest BCUT2D eigenvalue weighted by Crippen LogP contribution is 2.26. The first kappa shape index (κ1) is 11.1. The zero-order valence-corrected chi connectivity index (χ0v) is 9.14. The molecular weight excluding hydrogens is 200 g/mol. The maximum atomic E-state index is 9.01. The summed E-state index contributed by atoms with van der Waals surface area (Å²) in [6.45, 7) is 3.69. The van der Waals surface area contributed by atoms with Gasteiger partial charge >= 0.3 is 0 Å². The van der Waals surface area contributed by atoms with Gasteiger partial charge in [-0.2, -0.15) is 5.26 Å². The minimum absolute atomic E-state index is 0.139. The molecule has 0 aromatic carbocycles. The van der Waals surface area contributed by atoms with Gasteiger partial charge in [-0.05, 0) is 26.7 Å². The number of alkyl halides is 1. The number of aromatic nitrogens is 1. The number of hydrogen-bond donors (Lipinski definition) is 0. The smallest absolute Gasteiger partial charge is 0.138 e. The molecule has 1 aromatic heterocycles. The summed E-state index contributed by atoms with van der Waals surface area (Å²) >= 11 is 5.60. The fraction of sp³-hybridized carbons (Fsp3) is 0.600. The van der Waals surface area contributed by atoms with Gasteiger partial charge in [0.05, 0.1) is 17.7 Å². The molecule has 0 aliphatic carbocycles. The summed E-state index contributed by atoms with van der Waals surface area (Å²) in [4.78, 5) is 0. The molecule has 0 spiro atoms. The van der Waals surface area contributed by atoms with Crippen LogP contribution in [0.2, 0.25) is 0 Å². The van der Waals surface area contributed by atoms with Crippen molar-refractivity contribution in [1.82, 2.24) is 5.16 Å². The Labute approximate surface area is 88.6 Å². The van der Waals surface area contributed by atoms with E-state index in [1.54, 1.807) is 0 Å². The Morgan fingerprint density at radius 3 is 2.71 bits per heavy atom. The summed E-state index contributed by atoms with van der Waals surface area (Å²) < 4.78 is 5.02. The molecule has 4 heteroatoms. The molecule has 0 aliphatic heterocycles. The van der Waals surface area contributed by atoms with Crippen LogP contribution in [0.15, 0.2) is 4.52 Å². The van der Waals surface area contributed by atoms with Crippen LogP contribution >= 0.6 is 11.6 Å². The van der Waals surface area contributed by atoms with Crippen LogP contribution < -0.4 is 0 Å². The SMILES string of the molecule is Cc1noc(C)c1C(C#N)CCCCl. The Hall–Kier alpha value is -1.01. The minimum Gasteiger partial charge on any atom is -0.361 e. The van der Waals surface area contributed by atoms with Gasteiger partial charge in [-0.1, -0.05) is 5.16 Å². The maximum Gasteiger partial charge on any atom is 0.138 e. The second-order valence-corrected chi connectivity index (χ2v) is 3.63. The summed E-state index contributed by atoms with van der Waals surface area (Å²) in [6.07, 6.45) is 1.60. The Bertz CT molecular complexity index is 321. The van der Waals surface area contributed by atoms with Crippen molar-refractivity contribution in [1.29, 1.82) is 5.26 Å². The molecule has 3 nitrogen and oxygen atoms in total. The van der Waals surface area contributed by atoms with E-state index in [0.29, 0.717) is 5.88 Å². The molecule has 1 rings (SSSR count). The van der Waals surface area contributed by atoms with Crippen molar-refractivity contribution in [3.05, 3.63) is 17.0 Å². The number of hydrogen-bond acceptors (Lipinski definition) is 3. The maximum absolute atomic E-state index is 9.01. The van der Waals surface area contributed by atoms with Crippen molar-refractivity contribution in [3.8, 4) is 6.07 Å². The molecule has 0 fully saturated rings. The van der Waals surface area contributed by atoms with Crippen LogP contribution in [0.1, 0.15) is 35.8 Å². The highest BCUT2D eigenvalue weighted by atomic mass is 35.5. The molecule has 1 aromatic rings. The first-order chi connectivity index (χ1) is 6.70. The quantitative estimate of drug-likeness (QED) is 0.721. The molecule has 1 heterocycles. The Kier molecular flexibility index (Phi) is 3.97. The molecular formula is C10H13ClN2O. The number of halogens is 1. The van der Waals surface area contributed by atoms with Crippen LogP contribution in [0.5, 0.6) is 0 Å². The molecule has 0 saturated carbocycles. The Morgan fingerprint density at radius 2 is 2.29 bits per heavy atom. The predicted molar refractivity (Wildman–Crippen MR) is 54.3 cm³/mol. The molecule has 1 atom stereocenters. The van der Waals surface area contributed by atoms with Crippen LogP contribution in [-0.4, -0.2) is 11.0 Å². The monoisotopic (exact) mass is 212 g/mol. The van der Waals surface area contributed by atoms with Crippen LogP contribution in [0.4, 0.5) is 0 Å². The normalized spacial score (nSPS) is 12.4. The summed E-state index contributed by atoms with van der Waals surface area (Å²) in [5, 5.41) is 12.8. The summed E-state index contributed by atoms with van der Waals surface area (Å²) in [7, 11) is 0. The lowest BCUT2D eigenvalue weighted by molar-refractivity contribution is 0.391. The molecule has 0 radical (unpaired) electrons. The van der Waals surface area contributed by atoms with Gasteiger partial charge in [-0.15, -0.1) is 11.6 Å². The van der Waals surface area contributed by atoms with Crippen LogP contribution in [0.25, 0.3) is 0 Å². The molecule has 0 saturated heterocycles. The Balaban J connectivity index is 2.84. The first-order valence-electron chi connectivity index (χ1n) is 4.59. The van der Waals surface area contributed by atoms with Crippen LogP contribution in [0.3, 0.4) is 0 Å². The third-order valence-corrected chi connectivity index (χ3v) is 2.49. The van der Waals surface area contributed by atoms with Crippen molar-refractivity contribution in [3.63, 3.8) is 0 Å². The number of aryl methyl sites for hydroxylation is 2. The van der Waals surface area contributed by atoms with E-state index < -0.39 is 0 Å². The third kappa shape index (κ3) is 2.27. The predicted octanol–water partition coefficient (Wildman–Crippen LogP) is 2.92. The van der Waals surface area contributed by atoms with E-state index in [9.17, 15) is 0 Å². The van der Waals surface area contributed by atoms with Crippen molar-refractivity contribution < 1.29 is 4.52 Å². The van der Waals surface area contributed by atoms with E-state index in [4.69, 9.17) is 21.4 Å². The highest BCUT2D eigenvalue weighted by molar-refractivity contribution is 6.17. The van der Waals surface area contributed by atoms with Gasteiger partial charge in [0, 0.05) is 11.4 Å². The van der Waals surface area contributed by atoms with E-state index in [2.05, 4.69) is 11.2 Å². The van der Waals surface area contributed by atoms with E-state index in [1.165, 1.54) is 0 Å². The summed E-state index contributed by atoms with van der Waals surface area (Å²) in [6, 6.07) is 2.26. The van der Waals surface area contributed by atoms with Gasteiger partial charge in [0.15, 0.2) is 0 Å². The topological polar surface area (TPSA) is 49.8 Å². The van der Waals surface area contributed by atoms with Crippen molar-refractivity contribution >= 4 is 11.6 Å². The molecule has 1 unspecified atom stereocenters. The lowest BCUT2D eigenvalue weighted by atomic mass is 9.95. The average molecular weight is 213 g/mol. The van der Waals surface area contributed by atoms with Crippen LogP contribution in [0, 0.1) is 25.2 Å². The highest BCUT2D eigenvalue weighted by Gasteiger charge is 2.19. The van der Waals surface area contributed by atoms with Gasteiger partial charge in [-0.3, -0.25) is 0 Å². The zero-order chi connectivity index (χ0) is 10.6. The summed E-state index contributed by atoms with van der Waals surface area (Å²) in [5.41, 5.74) is 1.74. The van der Waals surface area contributed by atoms with E-state index >= 15 is 0 Å². The fourth-order valence-corrected chi connectivity index (χ4v) is 1.70. The lowest BCUT2D eigenvalue weighted by Gasteiger charge is -2.06. The molecule has 0 amide bonds. The van der Waals surface area contributed by atoms with Gasteiger partial charge in [-0.25, -0.2) is 0 Å². The van der Waals surface area contributed by atoms with E-state index in [-0.39, 0.29) is 5.92 Å². The third-order valence-electron chi connectivity index (χ3n) is 2.22. The molecule has 76 valence electrons. The van der Waals surface area contributed by atoms with Crippen molar-refractivity contribution in [2.75, 3.05) is 5.88 Å². The molecule has 0 aliphatic rings. The van der Waals surface area contributed by atoms with Gasteiger partial charge < -0.3 is 4.52 Å². The zero-order valence-electron chi connectivity index (χ0n) is 8.38. The second-order valence-electron chi connectivity index (χ2n) is 3.25. The van der Waals surface area contributed by atoms with Gasteiger partial charge in [0.1, 0.15) is 5.76 Å². The standard InChI is InChI=1S/C10H13ClN2O/c1-7-10(8(2)14-13-7)9(6-12)4-3-5-11/h9H,3-5H2,1-2H3. The van der Waals surface area contributed by atoms with Crippen LogP contribution in [-0.2, 0) is 0 Å². The average Bonchev–Trinajstić information content (AvgIpc) is 2.50. The van der Waals surface area contributed by atoms with E-state index in [1.807, 2.05) is 13.8 Å². The van der Waals surface area contributed by atoms with Crippen molar-refractivity contribution in [2.24, 2.45) is 0 Å². The van der Waals surface area contributed by atoms with Gasteiger partial charge in [0.2, 0.25) is 0 Å². The molecule has 14 heavy (non-hydrogen) atoms. The number of nitriles is 1. The minimum atomic E-state index is -0.139. The molecule has 0 N–H and O–H groups in total. The number of nitrogens with zero attached hydrogens (tertiary/aromatic N) is 2. The largest absolute Gasteiger partial charge is 0.361 e. The molecule has 0 bridgehead atoms. The van der Waals surface area contributed by atoms with Crippen molar-refractivity contribution in [2.45, 2.75) is 32.6 Å². The first-order valence-corrected chi connectivity index (χ1v) is 5.12. The fourth-order valence-electron chi connectivity index (χ4n) is 1.54. The Morgan fingerprint density at radius 1 is 1.57 bits per heavy atom.